The van der Waals surface area contributed by atoms with Crippen LogP contribution >= 0.6 is 0 Å². The van der Waals surface area contributed by atoms with Gasteiger partial charge >= 0.3 is 0 Å². The van der Waals surface area contributed by atoms with Gasteiger partial charge in [0, 0.05) is 42.4 Å². The van der Waals surface area contributed by atoms with Crippen molar-refractivity contribution >= 4 is 0 Å². The molecule has 0 aliphatic heterocycles. The Balaban J connectivity index is 1.30. The number of H-pyrrole nitrogens is 1. The Morgan fingerprint density at radius 2 is 1.88 bits per heavy atom. The summed E-state index contributed by atoms with van der Waals surface area (Å²) in [7, 11) is 0. The maximum Gasteiger partial charge on any atom is 0.180 e. The second kappa shape index (κ2) is 10.7. The second-order valence-electron chi connectivity index (χ2n) is 9.22. The summed E-state index contributed by atoms with van der Waals surface area (Å²) in [5.41, 5.74) is 4.01. The predicted octanol–water partition coefficient (Wildman–Crippen LogP) is 5.03. The van der Waals surface area contributed by atoms with Gasteiger partial charge in [-0.2, -0.15) is 5.10 Å². The summed E-state index contributed by atoms with van der Waals surface area (Å²) in [6.07, 6.45) is 12.7. The van der Waals surface area contributed by atoms with Crippen molar-refractivity contribution in [1.29, 1.82) is 0 Å². The first-order valence-electron chi connectivity index (χ1n) is 12.5. The maximum absolute atomic E-state index is 4.92. The molecule has 0 atom stereocenters. The van der Waals surface area contributed by atoms with Gasteiger partial charge in [-0.1, -0.05) is 69.4 Å². The van der Waals surface area contributed by atoms with E-state index in [2.05, 4.69) is 50.4 Å². The number of nitrogens with one attached hydrogen (secondary N) is 1. The summed E-state index contributed by atoms with van der Waals surface area (Å²) < 4.78 is 2.08. The molecule has 0 spiro atoms. The molecule has 1 aliphatic rings. The highest BCUT2D eigenvalue weighted by Gasteiger charge is 2.17. The Hall–Kier alpha value is -3.42. The normalized spacial score (nSPS) is 14.5. The zero-order valence-corrected chi connectivity index (χ0v) is 19.8. The SMILES string of the molecule is CCCn1nc(CCC2CCCCC2)nc1Cc1ccc(-c2ccccc2-c2nnn[nH]2)cn1. The molecule has 1 fully saturated rings. The van der Waals surface area contributed by atoms with Gasteiger partial charge in [0.05, 0.1) is 0 Å². The molecule has 1 aliphatic carbocycles. The van der Waals surface area contributed by atoms with Crippen molar-refractivity contribution in [2.45, 2.75) is 71.3 Å². The standard InChI is InChI=1S/C26H32N8/c1-2-16-34-25(28-24(31-34)15-12-19-8-4-3-5-9-19)17-21-14-13-20(18-27-21)22-10-6-7-11-23(22)26-29-32-33-30-26/h6-7,10-11,13-14,18-19H,2-5,8-9,12,15-17H2,1H3,(H,29,30,32,33). The zero-order chi connectivity index (χ0) is 23.2. The number of benzene rings is 1. The van der Waals surface area contributed by atoms with Gasteiger partial charge in [-0.25, -0.2) is 14.8 Å². The van der Waals surface area contributed by atoms with Crippen LogP contribution in [0, 0.1) is 5.92 Å². The van der Waals surface area contributed by atoms with Crippen LogP contribution in [-0.4, -0.2) is 40.4 Å². The van der Waals surface area contributed by atoms with Crippen LogP contribution in [0.15, 0.2) is 42.6 Å². The Bertz CT molecular complexity index is 1170. The van der Waals surface area contributed by atoms with Gasteiger partial charge in [-0.15, -0.1) is 5.10 Å². The van der Waals surface area contributed by atoms with Gasteiger partial charge in [0.15, 0.2) is 11.6 Å². The second-order valence-corrected chi connectivity index (χ2v) is 9.22. The van der Waals surface area contributed by atoms with Crippen molar-refractivity contribution in [1.82, 2.24) is 40.4 Å². The third-order valence-electron chi connectivity index (χ3n) is 6.73. The van der Waals surface area contributed by atoms with E-state index in [-0.39, 0.29) is 0 Å². The zero-order valence-electron chi connectivity index (χ0n) is 19.8. The van der Waals surface area contributed by atoms with E-state index in [9.17, 15) is 0 Å². The Morgan fingerprint density at radius 1 is 1.03 bits per heavy atom. The van der Waals surface area contributed by atoms with Crippen molar-refractivity contribution in [3.8, 4) is 22.5 Å². The fourth-order valence-corrected chi connectivity index (χ4v) is 4.93. The molecule has 0 unspecified atom stereocenters. The molecular weight excluding hydrogens is 424 g/mol. The smallest absolute Gasteiger partial charge is 0.180 e. The summed E-state index contributed by atoms with van der Waals surface area (Å²) in [4.78, 5) is 9.68. The monoisotopic (exact) mass is 456 g/mol. The number of aromatic nitrogens is 8. The van der Waals surface area contributed by atoms with Crippen molar-refractivity contribution < 1.29 is 0 Å². The number of nitrogens with zero attached hydrogens (tertiary/aromatic N) is 7. The molecule has 4 aromatic rings. The van der Waals surface area contributed by atoms with Crippen LogP contribution in [0.5, 0.6) is 0 Å². The van der Waals surface area contributed by atoms with Crippen LogP contribution in [-0.2, 0) is 19.4 Å². The Kier molecular flexibility index (Phi) is 7.02. The van der Waals surface area contributed by atoms with Crippen LogP contribution in [0.25, 0.3) is 22.5 Å². The van der Waals surface area contributed by atoms with Gasteiger partial charge in [0.25, 0.3) is 0 Å². The first kappa shape index (κ1) is 22.4. The van der Waals surface area contributed by atoms with E-state index in [1.807, 2.05) is 24.4 Å². The van der Waals surface area contributed by atoms with Crippen molar-refractivity contribution in [3.05, 3.63) is 59.9 Å². The molecule has 1 saturated carbocycles. The summed E-state index contributed by atoms with van der Waals surface area (Å²) in [5, 5.41) is 19.2. The first-order chi connectivity index (χ1) is 16.8. The maximum atomic E-state index is 4.92. The molecule has 34 heavy (non-hydrogen) atoms. The lowest BCUT2D eigenvalue weighted by Crippen LogP contribution is -2.08. The molecule has 5 rings (SSSR count). The number of hydrogen-bond acceptors (Lipinski definition) is 6. The van der Waals surface area contributed by atoms with E-state index in [4.69, 9.17) is 15.1 Å². The van der Waals surface area contributed by atoms with Gasteiger partial charge in [0.1, 0.15) is 5.82 Å². The number of aryl methyl sites for hydroxylation is 2. The molecule has 8 heteroatoms. The minimum atomic E-state index is 0.646. The van der Waals surface area contributed by atoms with Crippen LogP contribution in [0.3, 0.4) is 0 Å². The molecule has 3 heterocycles. The minimum Gasteiger partial charge on any atom is -0.260 e. The van der Waals surface area contributed by atoms with E-state index in [0.717, 1.165) is 59.3 Å². The molecular formula is C26H32N8. The molecule has 8 nitrogen and oxygen atoms in total. The highest BCUT2D eigenvalue weighted by atomic mass is 15.5. The largest absolute Gasteiger partial charge is 0.260 e. The lowest BCUT2D eigenvalue weighted by molar-refractivity contribution is 0.337. The average molecular weight is 457 g/mol. The van der Waals surface area contributed by atoms with Gasteiger partial charge in [0.2, 0.25) is 0 Å². The van der Waals surface area contributed by atoms with Crippen LogP contribution < -0.4 is 0 Å². The van der Waals surface area contributed by atoms with Gasteiger partial charge in [-0.3, -0.25) is 4.98 Å². The summed E-state index contributed by atoms with van der Waals surface area (Å²) >= 11 is 0. The summed E-state index contributed by atoms with van der Waals surface area (Å²) in [6.45, 7) is 3.07. The third kappa shape index (κ3) is 5.21. The fourth-order valence-electron chi connectivity index (χ4n) is 4.93. The van der Waals surface area contributed by atoms with Gasteiger partial charge in [-0.05, 0) is 40.8 Å². The molecule has 0 amide bonds. The summed E-state index contributed by atoms with van der Waals surface area (Å²) in [5.74, 6) is 3.49. The molecule has 1 N–H and O–H groups in total. The third-order valence-corrected chi connectivity index (χ3v) is 6.73. The highest BCUT2D eigenvalue weighted by Crippen LogP contribution is 2.29. The lowest BCUT2D eigenvalue weighted by Gasteiger charge is -2.20. The van der Waals surface area contributed by atoms with Crippen molar-refractivity contribution in [2.75, 3.05) is 0 Å². The quantitative estimate of drug-likeness (QED) is 0.379. The van der Waals surface area contributed by atoms with Crippen LogP contribution in [0.1, 0.15) is 69.2 Å². The molecule has 1 aromatic carbocycles. The van der Waals surface area contributed by atoms with E-state index >= 15 is 0 Å². The van der Waals surface area contributed by atoms with Crippen LogP contribution in [0.2, 0.25) is 0 Å². The van der Waals surface area contributed by atoms with E-state index in [1.54, 1.807) is 0 Å². The van der Waals surface area contributed by atoms with E-state index < -0.39 is 0 Å². The first-order valence-corrected chi connectivity index (χ1v) is 12.5. The number of tetrazole rings is 1. The molecule has 0 bridgehead atoms. The van der Waals surface area contributed by atoms with E-state index in [1.165, 1.54) is 38.5 Å². The Morgan fingerprint density at radius 3 is 2.62 bits per heavy atom. The average Bonchev–Trinajstić information content (AvgIpc) is 3.55. The number of pyridine rings is 1. The number of hydrogen-bond donors (Lipinski definition) is 1. The topological polar surface area (TPSA) is 98.1 Å². The summed E-state index contributed by atoms with van der Waals surface area (Å²) in [6, 6.07) is 12.2. The Labute approximate surface area is 200 Å². The minimum absolute atomic E-state index is 0.646. The molecule has 176 valence electrons. The molecule has 0 saturated heterocycles. The fraction of sp³-hybridized carbons (Fsp3) is 0.462. The number of aromatic amines is 1. The highest BCUT2D eigenvalue weighted by molar-refractivity contribution is 5.79. The van der Waals surface area contributed by atoms with Crippen molar-refractivity contribution in [3.63, 3.8) is 0 Å². The molecule has 0 radical (unpaired) electrons. The van der Waals surface area contributed by atoms with Crippen molar-refractivity contribution in [2.24, 2.45) is 5.92 Å². The number of rotatable bonds is 9. The van der Waals surface area contributed by atoms with E-state index in [0.29, 0.717) is 12.2 Å². The lowest BCUT2D eigenvalue weighted by atomic mass is 9.86. The van der Waals surface area contributed by atoms with Gasteiger partial charge < -0.3 is 0 Å². The molecule has 3 aromatic heterocycles. The van der Waals surface area contributed by atoms with Crippen LogP contribution in [0.4, 0.5) is 0 Å². The predicted molar refractivity (Wildman–Crippen MR) is 131 cm³/mol.